The molecule has 5 heteroatoms. The molecule has 0 radical (unpaired) electrons. The van der Waals surface area contributed by atoms with Gasteiger partial charge in [-0.05, 0) is 84.0 Å². The first-order chi connectivity index (χ1) is 20.0. The summed E-state index contributed by atoms with van der Waals surface area (Å²) in [4.78, 5) is 18.6. The second kappa shape index (κ2) is 17.0. The van der Waals surface area contributed by atoms with Crippen LogP contribution in [0.2, 0.25) is 0 Å². The Morgan fingerprint density at radius 3 is 1.00 bits per heavy atom. The van der Waals surface area contributed by atoms with Crippen LogP contribution in [0.15, 0.2) is 95.2 Å². The van der Waals surface area contributed by atoms with Gasteiger partial charge in [0, 0.05) is 29.5 Å². The molecule has 4 aromatic rings. The Morgan fingerprint density at radius 1 is 0.465 bits per heavy atom. The molecule has 0 atom stereocenters. The van der Waals surface area contributed by atoms with E-state index in [1.807, 2.05) is 62.6 Å². The second-order valence-electron chi connectivity index (χ2n) is 12.0. The van der Waals surface area contributed by atoms with Crippen molar-refractivity contribution in [1.29, 1.82) is 0 Å². The zero-order valence-electron chi connectivity index (χ0n) is 27.5. The van der Waals surface area contributed by atoms with Gasteiger partial charge in [0.25, 0.3) is 0 Å². The Labute approximate surface area is 270 Å². The van der Waals surface area contributed by atoms with Crippen molar-refractivity contribution in [2.45, 2.75) is 92.9 Å². The minimum atomic E-state index is 0. The van der Waals surface area contributed by atoms with Gasteiger partial charge in [0.2, 0.25) is 0 Å². The fraction of sp³-hybridized carbons (Fsp3) is 0.368. The molecule has 0 aliphatic carbocycles. The number of nitrogens with zero attached hydrogens (tertiary/aromatic N) is 4. The summed E-state index contributed by atoms with van der Waals surface area (Å²) in [5.41, 5.74) is 11.2. The smallest absolute Gasteiger partial charge is 0.0841 e. The number of hydrogen-bond donors (Lipinski definition) is 0. The molecule has 0 saturated carbocycles. The van der Waals surface area contributed by atoms with Gasteiger partial charge in [-0.25, -0.2) is 0 Å². The predicted molar refractivity (Wildman–Crippen MR) is 181 cm³/mol. The Hall–Kier alpha value is -3.40. The van der Waals surface area contributed by atoms with Gasteiger partial charge in [-0.1, -0.05) is 104 Å². The largest absolute Gasteiger partial charge is 0.255 e. The van der Waals surface area contributed by atoms with Gasteiger partial charge in [-0.3, -0.25) is 20.0 Å². The van der Waals surface area contributed by atoms with Crippen molar-refractivity contribution in [3.05, 3.63) is 119 Å². The third-order valence-corrected chi connectivity index (χ3v) is 7.32. The fourth-order valence-electron chi connectivity index (χ4n) is 4.89. The molecule has 0 bridgehead atoms. The van der Waals surface area contributed by atoms with Crippen molar-refractivity contribution in [2.75, 3.05) is 0 Å². The van der Waals surface area contributed by atoms with Gasteiger partial charge in [-0.2, -0.15) is 0 Å². The summed E-state index contributed by atoms with van der Waals surface area (Å²) >= 11 is 0. The van der Waals surface area contributed by atoms with Crippen LogP contribution in [0.1, 0.15) is 127 Å². The SMILES string of the molecule is CC(=Nc1c(C(C)C)cccc1C(C)C)c1ccccn1.CC(=Nc1c(C(C)C)cccc1C(C)C)c1ccccn1.[Fe]. The van der Waals surface area contributed by atoms with Crippen LogP contribution in [-0.2, 0) is 17.1 Å². The third kappa shape index (κ3) is 9.81. The Balaban J connectivity index is 0.000000293. The van der Waals surface area contributed by atoms with Crippen LogP contribution in [0.25, 0.3) is 0 Å². The summed E-state index contributed by atoms with van der Waals surface area (Å²) in [6.45, 7) is 21.8. The number of rotatable bonds is 8. The van der Waals surface area contributed by atoms with Crippen molar-refractivity contribution in [3.63, 3.8) is 0 Å². The molecule has 0 fully saturated rings. The van der Waals surface area contributed by atoms with Crippen LogP contribution < -0.4 is 0 Å². The van der Waals surface area contributed by atoms with E-state index in [0.29, 0.717) is 23.7 Å². The van der Waals surface area contributed by atoms with Gasteiger partial charge in [0.15, 0.2) is 0 Å². The molecule has 2 aromatic heterocycles. The molecule has 2 aromatic carbocycles. The first-order valence-electron chi connectivity index (χ1n) is 15.2. The molecule has 0 N–H and O–H groups in total. The molecule has 4 nitrogen and oxygen atoms in total. The molecule has 2 heterocycles. The number of aliphatic imine (C=N–C) groups is 2. The van der Waals surface area contributed by atoms with Crippen LogP contribution in [0.3, 0.4) is 0 Å². The van der Waals surface area contributed by atoms with E-state index in [9.17, 15) is 0 Å². The summed E-state index contributed by atoms with van der Waals surface area (Å²) in [6, 6.07) is 24.9. The van der Waals surface area contributed by atoms with Crippen molar-refractivity contribution in [1.82, 2.24) is 9.97 Å². The van der Waals surface area contributed by atoms with Gasteiger partial charge in [-0.15, -0.1) is 0 Å². The molecular weight excluding hydrogens is 568 g/mol. The Bertz CT molecular complexity index is 1320. The number of benzene rings is 2. The average Bonchev–Trinajstić information content (AvgIpc) is 2.98. The quantitative estimate of drug-likeness (QED) is 0.146. The van der Waals surface area contributed by atoms with Crippen LogP contribution in [0, 0.1) is 0 Å². The summed E-state index contributed by atoms with van der Waals surface area (Å²) in [5.74, 6) is 1.83. The minimum absolute atomic E-state index is 0. The predicted octanol–water partition coefficient (Wildman–Crippen LogP) is 10.9. The molecule has 0 saturated heterocycles. The normalized spacial score (nSPS) is 12.0. The standard InChI is InChI=1S/2C19H24N2.Fe/c2*1-13(2)16-9-8-10-17(14(3)4)19(16)21-15(5)18-11-6-7-12-20-18;/h2*6-14H,1-5H3;. The maximum absolute atomic E-state index is 4.93. The molecule has 0 aliphatic rings. The van der Waals surface area contributed by atoms with E-state index in [1.165, 1.54) is 22.3 Å². The molecule has 0 aliphatic heterocycles. The van der Waals surface area contributed by atoms with Gasteiger partial charge in [0.05, 0.1) is 34.2 Å². The number of hydrogen-bond acceptors (Lipinski definition) is 4. The molecule has 4 rings (SSSR count). The molecule has 43 heavy (non-hydrogen) atoms. The van der Waals surface area contributed by atoms with Gasteiger partial charge in [0.1, 0.15) is 0 Å². The van der Waals surface area contributed by atoms with E-state index in [0.717, 1.165) is 34.2 Å². The Kier molecular flexibility index (Phi) is 14.2. The van der Waals surface area contributed by atoms with E-state index >= 15 is 0 Å². The van der Waals surface area contributed by atoms with Gasteiger partial charge < -0.3 is 0 Å². The van der Waals surface area contributed by atoms with E-state index in [4.69, 9.17) is 9.98 Å². The first kappa shape index (κ1) is 35.8. The van der Waals surface area contributed by atoms with Crippen LogP contribution in [-0.4, -0.2) is 21.4 Å². The van der Waals surface area contributed by atoms with Crippen molar-refractivity contribution >= 4 is 22.8 Å². The van der Waals surface area contributed by atoms with E-state index in [2.05, 4.69) is 102 Å². The number of aromatic nitrogens is 2. The van der Waals surface area contributed by atoms with E-state index < -0.39 is 0 Å². The molecular formula is C38H48FeN4. The zero-order valence-corrected chi connectivity index (χ0v) is 28.6. The zero-order chi connectivity index (χ0) is 30.8. The number of para-hydroxylation sites is 2. The van der Waals surface area contributed by atoms with E-state index in [-0.39, 0.29) is 17.1 Å². The number of pyridine rings is 2. The Morgan fingerprint density at radius 2 is 0.767 bits per heavy atom. The van der Waals surface area contributed by atoms with Crippen LogP contribution in [0.5, 0.6) is 0 Å². The van der Waals surface area contributed by atoms with Crippen molar-refractivity contribution < 1.29 is 17.1 Å². The minimum Gasteiger partial charge on any atom is -0.255 e. The monoisotopic (exact) mass is 616 g/mol. The van der Waals surface area contributed by atoms with Crippen molar-refractivity contribution in [2.24, 2.45) is 9.98 Å². The van der Waals surface area contributed by atoms with Crippen molar-refractivity contribution in [3.8, 4) is 0 Å². The maximum Gasteiger partial charge on any atom is 0.0841 e. The van der Waals surface area contributed by atoms with Crippen LogP contribution in [0.4, 0.5) is 11.4 Å². The van der Waals surface area contributed by atoms with Gasteiger partial charge >= 0.3 is 0 Å². The van der Waals surface area contributed by atoms with Crippen LogP contribution >= 0.6 is 0 Å². The molecule has 228 valence electrons. The molecule has 0 spiro atoms. The fourth-order valence-corrected chi connectivity index (χ4v) is 4.89. The summed E-state index contributed by atoms with van der Waals surface area (Å²) < 4.78 is 0. The third-order valence-electron chi connectivity index (χ3n) is 7.32. The topological polar surface area (TPSA) is 50.5 Å². The summed E-state index contributed by atoms with van der Waals surface area (Å²) in [6.07, 6.45) is 3.62. The first-order valence-corrected chi connectivity index (χ1v) is 15.2. The second-order valence-corrected chi connectivity index (χ2v) is 12.0. The summed E-state index contributed by atoms with van der Waals surface area (Å²) in [7, 11) is 0. The maximum atomic E-state index is 4.93. The molecule has 0 unspecified atom stereocenters. The summed E-state index contributed by atoms with van der Waals surface area (Å²) in [5, 5.41) is 0. The van der Waals surface area contributed by atoms with E-state index in [1.54, 1.807) is 0 Å². The molecule has 0 amide bonds. The average molecular weight is 617 g/mol.